The summed E-state index contributed by atoms with van der Waals surface area (Å²) < 4.78 is 1.75. The maximum Gasteiger partial charge on any atom is 0.185 e. The molecule has 1 unspecified atom stereocenters. The molecule has 0 amide bonds. The summed E-state index contributed by atoms with van der Waals surface area (Å²) in [6, 6.07) is 2.93. The van der Waals surface area contributed by atoms with E-state index >= 15 is 0 Å². The molecule has 6 heteroatoms. The van der Waals surface area contributed by atoms with E-state index in [9.17, 15) is 5.26 Å². The van der Waals surface area contributed by atoms with Crippen LogP contribution in [0.1, 0.15) is 26.2 Å². The van der Waals surface area contributed by atoms with Crippen LogP contribution in [0.3, 0.4) is 0 Å². The first-order valence-electron chi connectivity index (χ1n) is 5.79. The van der Waals surface area contributed by atoms with Gasteiger partial charge in [-0.25, -0.2) is 9.67 Å². The molecular weight excluding hydrogens is 234 g/mol. The molecule has 0 spiro atoms. The smallest absolute Gasteiger partial charge is 0.185 e. The molecule has 0 aliphatic heterocycles. The van der Waals surface area contributed by atoms with Crippen molar-refractivity contribution in [3.63, 3.8) is 0 Å². The molecule has 0 aromatic carbocycles. The number of hydrogen-bond donors (Lipinski definition) is 1. The van der Waals surface area contributed by atoms with Crippen molar-refractivity contribution >= 4 is 11.8 Å². The van der Waals surface area contributed by atoms with Crippen molar-refractivity contribution in [2.75, 3.05) is 5.75 Å². The van der Waals surface area contributed by atoms with E-state index in [4.69, 9.17) is 0 Å². The van der Waals surface area contributed by atoms with Crippen molar-refractivity contribution in [3.8, 4) is 6.07 Å². The highest BCUT2D eigenvalue weighted by Gasteiger charge is 2.32. The second kappa shape index (κ2) is 5.07. The van der Waals surface area contributed by atoms with Crippen LogP contribution in [0.15, 0.2) is 11.5 Å². The summed E-state index contributed by atoms with van der Waals surface area (Å²) >= 11 is 1.64. The molecule has 1 saturated carbocycles. The number of nitrogens with zero attached hydrogens (tertiary/aromatic N) is 4. The van der Waals surface area contributed by atoms with Gasteiger partial charge in [0.05, 0.1) is 6.07 Å². The highest BCUT2D eigenvalue weighted by Crippen LogP contribution is 2.25. The van der Waals surface area contributed by atoms with Crippen molar-refractivity contribution < 1.29 is 0 Å². The molecule has 1 heterocycles. The molecule has 0 bridgehead atoms. The fraction of sp³-hybridized carbons (Fsp3) is 0.727. The molecule has 1 aliphatic rings. The summed E-state index contributed by atoms with van der Waals surface area (Å²) in [5.41, 5.74) is -0.410. The first-order chi connectivity index (χ1) is 8.13. The van der Waals surface area contributed by atoms with E-state index in [-0.39, 0.29) is 0 Å². The van der Waals surface area contributed by atoms with E-state index in [0.29, 0.717) is 6.04 Å². The highest BCUT2D eigenvalue weighted by molar-refractivity contribution is 7.99. The monoisotopic (exact) mass is 251 g/mol. The molecule has 1 fully saturated rings. The Morgan fingerprint density at radius 2 is 2.47 bits per heavy atom. The lowest BCUT2D eigenvalue weighted by molar-refractivity contribution is 0.433. The van der Waals surface area contributed by atoms with Crippen molar-refractivity contribution in [2.24, 2.45) is 7.05 Å². The number of aromatic nitrogens is 3. The zero-order valence-electron chi connectivity index (χ0n) is 10.2. The molecule has 2 rings (SSSR count). The Hall–Kier alpha value is -1.06. The molecule has 1 atom stereocenters. The van der Waals surface area contributed by atoms with Gasteiger partial charge < -0.3 is 0 Å². The van der Waals surface area contributed by atoms with Crippen LogP contribution in [0.25, 0.3) is 0 Å². The van der Waals surface area contributed by atoms with E-state index in [0.717, 1.165) is 17.3 Å². The van der Waals surface area contributed by atoms with Gasteiger partial charge in [0.25, 0.3) is 0 Å². The third kappa shape index (κ3) is 3.45. The lowest BCUT2D eigenvalue weighted by atomic mass is 10.0. The zero-order valence-corrected chi connectivity index (χ0v) is 11.0. The molecule has 1 N–H and O–H groups in total. The van der Waals surface area contributed by atoms with Gasteiger partial charge in [0.2, 0.25) is 0 Å². The third-order valence-electron chi connectivity index (χ3n) is 2.85. The molecule has 1 aromatic rings. The van der Waals surface area contributed by atoms with Gasteiger partial charge in [-0.2, -0.15) is 10.4 Å². The normalized spacial score (nSPS) is 18.6. The number of hydrogen-bond acceptors (Lipinski definition) is 5. The maximum absolute atomic E-state index is 9.22. The lowest BCUT2D eigenvalue weighted by Crippen LogP contribution is -2.42. The Morgan fingerprint density at radius 3 is 3.00 bits per heavy atom. The Bertz CT molecular complexity index is 420. The predicted molar refractivity (Wildman–Crippen MR) is 66.5 cm³/mol. The van der Waals surface area contributed by atoms with Crippen LogP contribution in [-0.4, -0.2) is 32.1 Å². The van der Waals surface area contributed by atoms with E-state index < -0.39 is 5.54 Å². The number of nitriles is 1. The lowest BCUT2D eigenvalue weighted by Gasteiger charge is -2.22. The number of rotatable bonds is 6. The summed E-state index contributed by atoms with van der Waals surface area (Å²) in [5.74, 6) is 0.871. The zero-order chi connectivity index (χ0) is 12.3. The van der Waals surface area contributed by atoms with E-state index in [1.54, 1.807) is 22.8 Å². The van der Waals surface area contributed by atoms with Gasteiger partial charge in [-0.1, -0.05) is 11.8 Å². The van der Waals surface area contributed by atoms with Gasteiger partial charge in [-0.05, 0) is 26.2 Å². The van der Waals surface area contributed by atoms with Crippen LogP contribution in [0.5, 0.6) is 0 Å². The molecule has 1 aromatic heterocycles. The first-order valence-corrected chi connectivity index (χ1v) is 6.77. The van der Waals surface area contributed by atoms with Crippen LogP contribution in [0.2, 0.25) is 0 Å². The van der Waals surface area contributed by atoms with Crippen molar-refractivity contribution in [1.29, 1.82) is 5.26 Å². The van der Waals surface area contributed by atoms with E-state index in [1.165, 1.54) is 12.8 Å². The second-order valence-corrected chi connectivity index (χ2v) is 5.69. The standard InChI is InChI=1S/C11H17N5S/c1-11(7-12,15-9-3-4-9)5-6-17-10-13-8-14-16(10)2/h8-9,15H,3-6H2,1-2H3. The molecule has 1 aliphatic carbocycles. The Labute approximate surface area is 106 Å². The highest BCUT2D eigenvalue weighted by atomic mass is 32.2. The minimum atomic E-state index is -0.410. The van der Waals surface area contributed by atoms with Crippen molar-refractivity contribution in [1.82, 2.24) is 20.1 Å². The van der Waals surface area contributed by atoms with Crippen LogP contribution >= 0.6 is 11.8 Å². The summed E-state index contributed by atoms with van der Waals surface area (Å²) in [6.07, 6.45) is 4.77. The minimum absolute atomic E-state index is 0.410. The van der Waals surface area contributed by atoms with Gasteiger partial charge in [0.1, 0.15) is 11.9 Å². The van der Waals surface area contributed by atoms with Gasteiger partial charge in [0.15, 0.2) is 5.16 Å². The van der Waals surface area contributed by atoms with Crippen LogP contribution in [0, 0.1) is 11.3 Å². The fourth-order valence-corrected chi connectivity index (χ4v) is 2.65. The number of nitrogens with one attached hydrogen (secondary N) is 1. The molecule has 17 heavy (non-hydrogen) atoms. The average Bonchev–Trinajstić information content (AvgIpc) is 3.02. The first kappa shape index (κ1) is 12.4. The summed E-state index contributed by atoms with van der Waals surface area (Å²) in [6.45, 7) is 1.97. The molecule has 5 nitrogen and oxygen atoms in total. The second-order valence-electron chi connectivity index (χ2n) is 4.63. The molecular formula is C11H17N5S. The van der Waals surface area contributed by atoms with Gasteiger partial charge in [-0.3, -0.25) is 5.32 Å². The van der Waals surface area contributed by atoms with E-state index in [2.05, 4.69) is 21.5 Å². The number of thioether (sulfide) groups is 1. The van der Waals surface area contributed by atoms with Crippen molar-refractivity contribution in [3.05, 3.63) is 6.33 Å². The van der Waals surface area contributed by atoms with E-state index in [1.807, 2.05) is 14.0 Å². The molecule has 0 saturated heterocycles. The van der Waals surface area contributed by atoms with Crippen molar-refractivity contribution in [2.45, 2.75) is 42.9 Å². The third-order valence-corrected chi connectivity index (χ3v) is 3.89. The summed E-state index contributed by atoms with van der Waals surface area (Å²) in [5, 5.41) is 17.5. The predicted octanol–water partition coefficient (Wildman–Crippen LogP) is 1.33. The SMILES string of the molecule is Cn1ncnc1SCCC(C)(C#N)NC1CC1. The number of aryl methyl sites for hydroxylation is 1. The van der Waals surface area contributed by atoms with Gasteiger partial charge in [0, 0.05) is 18.8 Å². The summed E-state index contributed by atoms with van der Waals surface area (Å²) in [7, 11) is 1.88. The average molecular weight is 251 g/mol. The minimum Gasteiger partial charge on any atom is -0.297 e. The molecule has 0 radical (unpaired) electrons. The van der Waals surface area contributed by atoms with Crippen LogP contribution in [0.4, 0.5) is 0 Å². The van der Waals surface area contributed by atoms with Crippen LogP contribution in [-0.2, 0) is 7.05 Å². The topological polar surface area (TPSA) is 66.5 Å². The quantitative estimate of drug-likeness (QED) is 0.773. The Kier molecular flexibility index (Phi) is 3.69. The van der Waals surface area contributed by atoms with Crippen LogP contribution < -0.4 is 5.32 Å². The fourth-order valence-electron chi connectivity index (χ4n) is 1.60. The molecule has 92 valence electrons. The van der Waals surface area contributed by atoms with Gasteiger partial charge in [-0.15, -0.1) is 0 Å². The largest absolute Gasteiger partial charge is 0.297 e. The van der Waals surface area contributed by atoms with Gasteiger partial charge >= 0.3 is 0 Å². The Morgan fingerprint density at radius 1 is 1.71 bits per heavy atom. The Balaban J connectivity index is 1.80. The summed E-state index contributed by atoms with van der Waals surface area (Å²) in [4.78, 5) is 4.15. The maximum atomic E-state index is 9.22.